The van der Waals surface area contributed by atoms with Crippen molar-refractivity contribution in [2.45, 2.75) is 32.1 Å². The maximum Gasteiger partial charge on any atom is 0.326 e. The fourth-order valence-corrected chi connectivity index (χ4v) is 2.32. The summed E-state index contributed by atoms with van der Waals surface area (Å²) in [6.07, 6.45) is 0.393. The maximum absolute atomic E-state index is 11.6. The van der Waals surface area contributed by atoms with Crippen molar-refractivity contribution in [3.8, 4) is 0 Å². The summed E-state index contributed by atoms with van der Waals surface area (Å²) in [5.74, 6) is -0.194. The van der Waals surface area contributed by atoms with Gasteiger partial charge in [-0.05, 0) is 18.9 Å². The van der Waals surface area contributed by atoms with Crippen molar-refractivity contribution in [1.29, 1.82) is 0 Å². The smallest absolute Gasteiger partial charge is 0.326 e. The van der Waals surface area contributed by atoms with Crippen LogP contribution in [0.4, 0.5) is 0 Å². The third kappa shape index (κ3) is 5.79. The zero-order valence-electron chi connectivity index (χ0n) is 11.2. The standard InChI is InChI=1S/C14H19NO3S/c1-3-12(14(17)18)15-13(16)9-19-8-11-6-4-10(2)5-7-11/h4-7,12H,3,8-9H2,1-2H3,(H,15,16)(H,17,18)/t12-/m0/s1. The molecular weight excluding hydrogens is 262 g/mol. The lowest BCUT2D eigenvalue weighted by atomic mass is 10.2. The van der Waals surface area contributed by atoms with Crippen LogP contribution in [0.3, 0.4) is 0 Å². The van der Waals surface area contributed by atoms with Gasteiger partial charge in [0.05, 0.1) is 5.75 Å². The van der Waals surface area contributed by atoms with Gasteiger partial charge in [0, 0.05) is 5.75 Å². The first-order chi connectivity index (χ1) is 9.02. The molecule has 0 spiro atoms. The van der Waals surface area contributed by atoms with Crippen molar-refractivity contribution < 1.29 is 14.7 Å². The predicted octanol–water partition coefficient (Wildman–Crippen LogP) is 2.21. The van der Waals surface area contributed by atoms with Gasteiger partial charge in [0.25, 0.3) is 0 Å². The van der Waals surface area contributed by atoms with E-state index in [-0.39, 0.29) is 11.7 Å². The summed E-state index contributed by atoms with van der Waals surface area (Å²) in [7, 11) is 0. The van der Waals surface area contributed by atoms with Gasteiger partial charge in [0.1, 0.15) is 6.04 Å². The molecule has 0 aliphatic rings. The molecule has 19 heavy (non-hydrogen) atoms. The number of hydrogen-bond acceptors (Lipinski definition) is 3. The third-order valence-corrected chi connectivity index (χ3v) is 3.67. The Labute approximate surface area is 117 Å². The highest BCUT2D eigenvalue weighted by Crippen LogP contribution is 2.12. The zero-order valence-corrected chi connectivity index (χ0v) is 12.0. The number of carbonyl (C=O) groups is 2. The molecule has 5 heteroatoms. The van der Waals surface area contributed by atoms with E-state index in [2.05, 4.69) is 5.32 Å². The van der Waals surface area contributed by atoms with Crippen LogP contribution in [-0.4, -0.2) is 28.8 Å². The second-order valence-electron chi connectivity index (χ2n) is 4.34. The molecule has 1 rings (SSSR count). The van der Waals surface area contributed by atoms with Gasteiger partial charge < -0.3 is 10.4 Å². The minimum Gasteiger partial charge on any atom is -0.480 e. The first-order valence-corrected chi connectivity index (χ1v) is 7.34. The van der Waals surface area contributed by atoms with Gasteiger partial charge in [0.15, 0.2) is 0 Å². The van der Waals surface area contributed by atoms with Gasteiger partial charge in [-0.25, -0.2) is 4.79 Å². The molecule has 1 amide bonds. The van der Waals surface area contributed by atoms with Gasteiger partial charge in [-0.3, -0.25) is 4.79 Å². The highest BCUT2D eigenvalue weighted by molar-refractivity contribution is 7.99. The summed E-state index contributed by atoms with van der Waals surface area (Å²) >= 11 is 1.48. The molecule has 0 aromatic heterocycles. The topological polar surface area (TPSA) is 66.4 Å². The molecule has 0 radical (unpaired) electrons. The Morgan fingerprint density at radius 3 is 2.47 bits per heavy atom. The molecule has 0 heterocycles. The summed E-state index contributed by atoms with van der Waals surface area (Å²) in [4.78, 5) is 22.3. The summed E-state index contributed by atoms with van der Waals surface area (Å²) < 4.78 is 0. The van der Waals surface area contributed by atoms with Gasteiger partial charge in [-0.2, -0.15) is 0 Å². The molecule has 1 aromatic carbocycles. The normalized spacial score (nSPS) is 11.9. The van der Waals surface area contributed by atoms with Crippen LogP contribution in [0.15, 0.2) is 24.3 Å². The number of carboxylic acids is 1. The van der Waals surface area contributed by atoms with Crippen LogP contribution < -0.4 is 5.32 Å². The Morgan fingerprint density at radius 1 is 1.32 bits per heavy atom. The summed E-state index contributed by atoms with van der Waals surface area (Å²) in [6.45, 7) is 3.76. The van der Waals surface area contributed by atoms with Crippen LogP contribution in [-0.2, 0) is 15.3 Å². The van der Waals surface area contributed by atoms with E-state index in [4.69, 9.17) is 5.11 Å². The van der Waals surface area contributed by atoms with E-state index in [9.17, 15) is 9.59 Å². The summed E-state index contributed by atoms with van der Waals surface area (Å²) in [5, 5.41) is 11.3. The molecule has 0 saturated carbocycles. The minimum absolute atomic E-state index is 0.230. The number of hydrogen-bond donors (Lipinski definition) is 2. The number of carboxylic acid groups (broad SMARTS) is 1. The van der Waals surface area contributed by atoms with Crippen molar-refractivity contribution in [2.24, 2.45) is 0 Å². The van der Waals surface area contributed by atoms with Crippen molar-refractivity contribution >= 4 is 23.6 Å². The molecule has 1 aromatic rings. The van der Waals surface area contributed by atoms with Gasteiger partial charge >= 0.3 is 5.97 Å². The lowest BCUT2D eigenvalue weighted by molar-refractivity contribution is -0.141. The van der Waals surface area contributed by atoms with E-state index < -0.39 is 12.0 Å². The van der Waals surface area contributed by atoms with Crippen LogP contribution in [0, 0.1) is 6.92 Å². The Hall–Kier alpha value is -1.49. The van der Waals surface area contributed by atoms with E-state index >= 15 is 0 Å². The van der Waals surface area contributed by atoms with Gasteiger partial charge in [-0.15, -0.1) is 11.8 Å². The number of benzene rings is 1. The maximum atomic E-state index is 11.6. The van der Waals surface area contributed by atoms with Crippen LogP contribution >= 0.6 is 11.8 Å². The van der Waals surface area contributed by atoms with Crippen molar-refractivity contribution in [1.82, 2.24) is 5.32 Å². The summed E-state index contributed by atoms with van der Waals surface area (Å²) in [6, 6.07) is 7.35. The number of nitrogens with one attached hydrogen (secondary N) is 1. The number of thioether (sulfide) groups is 1. The lowest BCUT2D eigenvalue weighted by Gasteiger charge is -2.11. The predicted molar refractivity (Wildman–Crippen MR) is 77.2 cm³/mol. The number of aryl methyl sites for hydroxylation is 1. The average Bonchev–Trinajstić information content (AvgIpc) is 2.38. The van der Waals surface area contributed by atoms with E-state index in [0.29, 0.717) is 6.42 Å². The lowest BCUT2D eigenvalue weighted by Crippen LogP contribution is -2.41. The molecule has 104 valence electrons. The van der Waals surface area contributed by atoms with E-state index in [1.165, 1.54) is 17.3 Å². The molecule has 2 N–H and O–H groups in total. The number of aliphatic carboxylic acids is 1. The first kappa shape index (κ1) is 15.6. The highest BCUT2D eigenvalue weighted by Gasteiger charge is 2.16. The molecule has 4 nitrogen and oxygen atoms in total. The fourth-order valence-electron chi connectivity index (χ4n) is 1.52. The van der Waals surface area contributed by atoms with Crippen LogP contribution in [0.2, 0.25) is 0 Å². The minimum atomic E-state index is -0.987. The first-order valence-electron chi connectivity index (χ1n) is 6.18. The molecule has 0 aliphatic heterocycles. The Balaban J connectivity index is 2.30. The number of amides is 1. The SMILES string of the molecule is CC[C@H](NC(=O)CSCc1ccc(C)cc1)C(=O)O. The second-order valence-corrected chi connectivity index (χ2v) is 5.33. The van der Waals surface area contributed by atoms with E-state index in [1.807, 2.05) is 31.2 Å². The number of rotatable bonds is 7. The van der Waals surface area contributed by atoms with E-state index in [0.717, 1.165) is 11.3 Å². The van der Waals surface area contributed by atoms with Crippen LogP contribution in [0.1, 0.15) is 24.5 Å². The Bertz CT molecular complexity index is 431. The molecule has 0 aliphatic carbocycles. The second kappa shape index (κ2) is 7.84. The summed E-state index contributed by atoms with van der Waals surface area (Å²) in [5.41, 5.74) is 2.37. The highest BCUT2D eigenvalue weighted by atomic mass is 32.2. The molecule has 0 unspecified atom stereocenters. The monoisotopic (exact) mass is 281 g/mol. The van der Waals surface area contributed by atoms with Crippen molar-refractivity contribution in [2.75, 3.05) is 5.75 Å². The van der Waals surface area contributed by atoms with E-state index in [1.54, 1.807) is 6.92 Å². The van der Waals surface area contributed by atoms with Crippen molar-refractivity contribution in [3.05, 3.63) is 35.4 Å². The van der Waals surface area contributed by atoms with Gasteiger partial charge in [-0.1, -0.05) is 36.8 Å². The average molecular weight is 281 g/mol. The Morgan fingerprint density at radius 2 is 1.95 bits per heavy atom. The van der Waals surface area contributed by atoms with Crippen LogP contribution in [0.5, 0.6) is 0 Å². The Kier molecular flexibility index (Phi) is 6.42. The number of carbonyl (C=O) groups excluding carboxylic acids is 1. The molecular formula is C14H19NO3S. The largest absolute Gasteiger partial charge is 0.480 e. The molecule has 0 saturated heterocycles. The molecule has 1 atom stereocenters. The third-order valence-electron chi connectivity index (χ3n) is 2.66. The molecule has 0 fully saturated rings. The quantitative estimate of drug-likeness (QED) is 0.804. The van der Waals surface area contributed by atoms with Crippen LogP contribution in [0.25, 0.3) is 0 Å². The van der Waals surface area contributed by atoms with Crippen molar-refractivity contribution in [3.63, 3.8) is 0 Å². The molecule has 0 bridgehead atoms. The fraction of sp³-hybridized carbons (Fsp3) is 0.429. The van der Waals surface area contributed by atoms with Gasteiger partial charge in [0.2, 0.25) is 5.91 Å². The zero-order chi connectivity index (χ0) is 14.3.